The third-order valence-electron chi connectivity index (χ3n) is 2.76. The zero-order valence-corrected chi connectivity index (χ0v) is 11.3. The first-order chi connectivity index (χ1) is 8.65. The summed E-state index contributed by atoms with van der Waals surface area (Å²) in [5.41, 5.74) is 9.50. The molecule has 1 aromatic carbocycles. The molecule has 0 aliphatic carbocycles. The molecule has 18 heavy (non-hydrogen) atoms. The van der Waals surface area contributed by atoms with Crippen LogP contribution in [0.5, 0.6) is 0 Å². The van der Waals surface area contributed by atoms with Crippen LogP contribution < -0.4 is 5.73 Å². The molecule has 0 spiro atoms. The lowest BCUT2D eigenvalue weighted by Gasteiger charge is -2.03. The number of hydrogen-bond donors (Lipinski definition) is 1. The van der Waals surface area contributed by atoms with Crippen LogP contribution in [0.1, 0.15) is 5.56 Å². The minimum Gasteiger partial charge on any atom is -0.397 e. The summed E-state index contributed by atoms with van der Waals surface area (Å²) in [6.45, 7) is 2.05. The van der Waals surface area contributed by atoms with E-state index in [9.17, 15) is 0 Å². The molecule has 0 atom stereocenters. The Hall–Kier alpha value is -1.88. The Labute approximate surface area is 113 Å². The summed E-state index contributed by atoms with van der Waals surface area (Å²) in [5.74, 6) is 0.793. The highest BCUT2D eigenvalue weighted by Gasteiger charge is 2.10. The van der Waals surface area contributed by atoms with Crippen molar-refractivity contribution in [3.8, 4) is 11.4 Å². The van der Waals surface area contributed by atoms with E-state index in [0.717, 1.165) is 21.5 Å². The van der Waals surface area contributed by atoms with E-state index < -0.39 is 0 Å². The van der Waals surface area contributed by atoms with Crippen LogP contribution in [0.15, 0.2) is 41.0 Å². The third-order valence-corrected chi connectivity index (χ3v) is 3.34. The molecule has 0 bridgehead atoms. The van der Waals surface area contributed by atoms with Gasteiger partial charge in [0.25, 0.3) is 0 Å². The maximum atomic E-state index is 5.85. The van der Waals surface area contributed by atoms with E-state index >= 15 is 0 Å². The van der Waals surface area contributed by atoms with E-state index in [-0.39, 0.29) is 0 Å². The first-order valence-corrected chi connectivity index (χ1v) is 6.31. The van der Waals surface area contributed by atoms with Gasteiger partial charge in [-0.25, -0.2) is 0 Å². The number of anilines is 1. The molecule has 0 saturated heterocycles. The number of aryl methyl sites for hydroxylation is 1. The van der Waals surface area contributed by atoms with Crippen molar-refractivity contribution in [1.82, 2.24) is 14.6 Å². The van der Waals surface area contributed by atoms with Crippen molar-refractivity contribution in [2.45, 2.75) is 6.92 Å². The maximum Gasteiger partial charge on any atom is 0.175 e. The number of nitrogen functional groups attached to an aromatic ring is 1. The second kappa shape index (κ2) is 4.10. The predicted octanol–water partition coefficient (Wildman–Crippen LogP) is 3.05. The zero-order chi connectivity index (χ0) is 12.7. The van der Waals surface area contributed by atoms with Gasteiger partial charge in [-0.1, -0.05) is 23.8 Å². The van der Waals surface area contributed by atoms with Gasteiger partial charge in [-0.3, -0.25) is 4.40 Å². The van der Waals surface area contributed by atoms with Gasteiger partial charge >= 0.3 is 0 Å². The van der Waals surface area contributed by atoms with Crippen molar-refractivity contribution in [2.75, 3.05) is 5.73 Å². The molecule has 0 radical (unpaired) electrons. The highest BCUT2D eigenvalue weighted by molar-refractivity contribution is 9.10. The average Bonchev–Trinajstić information content (AvgIpc) is 2.72. The SMILES string of the molecule is Cc1cccc(-c2nnc3c(Br)cc(N)cn23)c1. The smallest absolute Gasteiger partial charge is 0.175 e. The van der Waals surface area contributed by atoms with Gasteiger partial charge < -0.3 is 5.73 Å². The summed E-state index contributed by atoms with van der Waals surface area (Å²) in [7, 11) is 0. The number of aromatic nitrogens is 3. The molecule has 2 heterocycles. The minimum absolute atomic E-state index is 0.670. The van der Waals surface area contributed by atoms with Crippen LogP contribution >= 0.6 is 15.9 Å². The number of rotatable bonds is 1. The van der Waals surface area contributed by atoms with Crippen LogP contribution in [-0.4, -0.2) is 14.6 Å². The van der Waals surface area contributed by atoms with Crippen molar-refractivity contribution in [3.05, 3.63) is 46.6 Å². The molecule has 3 aromatic rings. The molecule has 5 heteroatoms. The molecule has 0 aliphatic heterocycles. The predicted molar refractivity (Wildman–Crippen MR) is 75.3 cm³/mol. The first kappa shape index (κ1) is 11.2. The van der Waals surface area contributed by atoms with E-state index in [1.807, 2.05) is 28.8 Å². The number of nitrogens with two attached hydrogens (primary N) is 1. The molecule has 4 nitrogen and oxygen atoms in total. The van der Waals surface area contributed by atoms with Crippen molar-refractivity contribution in [2.24, 2.45) is 0 Å². The molecule has 0 unspecified atom stereocenters. The summed E-state index contributed by atoms with van der Waals surface area (Å²) in [5, 5.41) is 8.41. The van der Waals surface area contributed by atoms with Crippen molar-refractivity contribution >= 4 is 27.3 Å². The summed E-state index contributed by atoms with van der Waals surface area (Å²) in [4.78, 5) is 0. The van der Waals surface area contributed by atoms with Crippen LogP contribution in [0, 0.1) is 6.92 Å². The fourth-order valence-corrected chi connectivity index (χ4v) is 2.49. The fourth-order valence-electron chi connectivity index (χ4n) is 1.95. The summed E-state index contributed by atoms with van der Waals surface area (Å²) < 4.78 is 2.74. The Morgan fingerprint density at radius 1 is 1.22 bits per heavy atom. The second-order valence-corrected chi connectivity index (χ2v) is 5.06. The van der Waals surface area contributed by atoms with Crippen molar-refractivity contribution in [1.29, 1.82) is 0 Å². The van der Waals surface area contributed by atoms with Crippen LogP contribution in [0.25, 0.3) is 17.0 Å². The van der Waals surface area contributed by atoms with Gasteiger partial charge in [0, 0.05) is 17.4 Å². The first-order valence-electron chi connectivity index (χ1n) is 5.52. The van der Waals surface area contributed by atoms with E-state index in [1.54, 1.807) is 0 Å². The fraction of sp³-hybridized carbons (Fsp3) is 0.0769. The number of benzene rings is 1. The van der Waals surface area contributed by atoms with Gasteiger partial charge in [-0.2, -0.15) is 0 Å². The monoisotopic (exact) mass is 302 g/mol. The molecule has 0 amide bonds. The van der Waals surface area contributed by atoms with Gasteiger partial charge in [0.15, 0.2) is 11.5 Å². The lowest BCUT2D eigenvalue weighted by Crippen LogP contribution is -1.94. The van der Waals surface area contributed by atoms with E-state index in [4.69, 9.17) is 5.73 Å². The van der Waals surface area contributed by atoms with Crippen LogP contribution in [-0.2, 0) is 0 Å². The van der Waals surface area contributed by atoms with Crippen molar-refractivity contribution in [3.63, 3.8) is 0 Å². The maximum absolute atomic E-state index is 5.85. The summed E-state index contributed by atoms with van der Waals surface area (Å²) in [6, 6.07) is 9.97. The Kier molecular flexibility index (Phi) is 2.56. The normalized spacial score (nSPS) is 11.0. The molecule has 90 valence electrons. The van der Waals surface area contributed by atoms with E-state index in [1.165, 1.54) is 5.56 Å². The number of hydrogen-bond acceptors (Lipinski definition) is 3. The molecule has 0 saturated carbocycles. The van der Waals surface area contributed by atoms with Gasteiger partial charge in [0.1, 0.15) is 0 Å². The molecular formula is C13H11BrN4. The lowest BCUT2D eigenvalue weighted by molar-refractivity contribution is 1.11. The number of fused-ring (bicyclic) bond motifs is 1. The lowest BCUT2D eigenvalue weighted by atomic mass is 10.1. The highest BCUT2D eigenvalue weighted by atomic mass is 79.9. The molecule has 2 aromatic heterocycles. The van der Waals surface area contributed by atoms with Crippen LogP contribution in [0.4, 0.5) is 5.69 Å². The Bertz CT molecular complexity index is 733. The average molecular weight is 303 g/mol. The standard InChI is InChI=1S/C13H11BrN4/c1-8-3-2-4-9(5-8)12-16-17-13-11(14)6-10(15)7-18(12)13/h2-7H,15H2,1H3. The third kappa shape index (κ3) is 1.76. The largest absolute Gasteiger partial charge is 0.397 e. The molecule has 0 fully saturated rings. The summed E-state index contributed by atoms with van der Waals surface area (Å²) >= 11 is 3.44. The van der Waals surface area contributed by atoms with Crippen molar-refractivity contribution < 1.29 is 0 Å². The molecule has 2 N–H and O–H groups in total. The Morgan fingerprint density at radius 3 is 2.83 bits per heavy atom. The van der Waals surface area contributed by atoms with Crippen LogP contribution in [0.3, 0.4) is 0 Å². The van der Waals surface area contributed by atoms with Gasteiger partial charge in [0.2, 0.25) is 0 Å². The summed E-state index contributed by atoms with van der Waals surface area (Å²) in [6.07, 6.45) is 1.83. The highest BCUT2D eigenvalue weighted by Crippen LogP contribution is 2.25. The number of nitrogens with zero attached hydrogens (tertiary/aromatic N) is 3. The van der Waals surface area contributed by atoms with E-state index in [0.29, 0.717) is 5.69 Å². The molecular weight excluding hydrogens is 292 g/mol. The van der Waals surface area contributed by atoms with Gasteiger partial charge in [-0.15, -0.1) is 10.2 Å². The zero-order valence-electron chi connectivity index (χ0n) is 9.76. The van der Waals surface area contributed by atoms with Gasteiger partial charge in [0.05, 0.1) is 4.47 Å². The number of halogens is 1. The quantitative estimate of drug-likeness (QED) is 0.751. The molecule has 0 aliphatic rings. The Balaban J connectivity index is 2.30. The number of pyridine rings is 1. The molecule has 3 rings (SSSR count). The second-order valence-electron chi connectivity index (χ2n) is 4.21. The minimum atomic E-state index is 0.670. The topological polar surface area (TPSA) is 56.2 Å². The van der Waals surface area contributed by atoms with Crippen LogP contribution in [0.2, 0.25) is 0 Å². The van der Waals surface area contributed by atoms with Gasteiger partial charge in [-0.05, 0) is 35.0 Å². The van der Waals surface area contributed by atoms with E-state index in [2.05, 4.69) is 45.2 Å². The Morgan fingerprint density at radius 2 is 2.06 bits per heavy atom.